The third-order valence-electron chi connectivity index (χ3n) is 2.98. The molecule has 0 spiro atoms. The van der Waals surface area contributed by atoms with Gasteiger partial charge < -0.3 is 10.6 Å². The van der Waals surface area contributed by atoms with Crippen molar-refractivity contribution in [2.24, 2.45) is 0 Å². The number of rotatable bonds is 5. The van der Waals surface area contributed by atoms with Crippen LogP contribution in [-0.2, 0) is 9.59 Å². The van der Waals surface area contributed by atoms with Gasteiger partial charge in [0.15, 0.2) is 0 Å². The number of nitrogens with one attached hydrogen (secondary N) is 2. The third kappa shape index (κ3) is 5.56. The molecular weight excluding hydrogens is 394 g/mol. The van der Waals surface area contributed by atoms with E-state index >= 15 is 0 Å². The van der Waals surface area contributed by atoms with Gasteiger partial charge in [-0.2, -0.15) is 0 Å². The molecule has 126 valence electrons. The van der Waals surface area contributed by atoms with Gasteiger partial charge in [-0.3, -0.25) is 9.59 Å². The van der Waals surface area contributed by atoms with Gasteiger partial charge in [-0.25, -0.2) is 0 Å². The van der Waals surface area contributed by atoms with Gasteiger partial charge in [0.05, 0.1) is 21.4 Å². The number of benzene rings is 2. The van der Waals surface area contributed by atoms with E-state index < -0.39 is 0 Å². The summed E-state index contributed by atoms with van der Waals surface area (Å²) in [6, 6.07) is 9.45. The molecule has 0 saturated heterocycles. The van der Waals surface area contributed by atoms with Gasteiger partial charge in [-0.1, -0.05) is 46.4 Å². The predicted molar refractivity (Wildman–Crippen MR) is 99.4 cm³/mol. The maximum atomic E-state index is 11.9. The summed E-state index contributed by atoms with van der Waals surface area (Å²) in [6.45, 7) is 0. The largest absolute Gasteiger partial charge is 0.325 e. The van der Waals surface area contributed by atoms with Crippen LogP contribution in [0.4, 0.5) is 11.4 Å². The highest BCUT2D eigenvalue weighted by Crippen LogP contribution is 2.26. The number of halogens is 4. The standard InChI is InChI=1S/C16H12Cl4N2O2/c17-9-1-3-11(19)13(7-9)21-15(23)5-6-16(24)22-14-8-10(18)2-4-12(14)20/h1-4,7-8H,5-6H2,(H,21,23)(H,22,24). The van der Waals surface area contributed by atoms with Gasteiger partial charge in [0, 0.05) is 22.9 Å². The number of anilines is 2. The fraction of sp³-hybridized carbons (Fsp3) is 0.125. The van der Waals surface area contributed by atoms with E-state index in [4.69, 9.17) is 46.4 Å². The average molecular weight is 406 g/mol. The molecule has 2 N–H and O–H groups in total. The molecule has 2 amide bonds. The zero-order valence-corrected chi connectivity index (χ0v) is 15.2. The molecule has 0 unspecified atom stereocenters. The van der Waals surface area contributed by atoms with Crippen LogP contribution in [0.3, 0.4) is 0 Å². The molecular formula is C16H12Cl4N2O2. The summed E-state index contributed by atoms with van der Waals surface area (Å²) in [7, 11) is 0. The molecule has 0 aliphatic rings. The third-order valence-corrected chi connectivity index (χ3v) is 4.11. The van der Waals surface area contributed by atoms with E-state index in [9.17, 15) is 9.59 Å². The van der Waals surface area contributed by atoms with Crippen molar-refractivity contribution in [3.63, 3.8) is 0 Å². The van der Waals surface area contributed by atoms with Crippen LogP contribution in [0.25, 0.3) is 0 Å². The maximum absolute atomic E-state index is 11.9. The fourth-order valence-corrected chi connectivity index (χ4v) is 2.51. The average Bonchev–Trinajstić information content (AvgIpc) is 2.52. The van der Waals surface area contributed by atoms with Gasteiger partial charge in [0.2, 0.25) is 11.8 Å². The zero-order chi connectivity index (χ0) is 17.7. The lowest BCUT2D eigenvalue weighted by atomic mass is 10.2. The first-order valence-corrected chi connectivity index (χ1v) is 8.36. The summed E-state index contributed by atoms with van der Waals surface area (Å²) in [5.41, 5.74) is 0.792. The lowest BCUT2D eigenvalue weighted by Gasteiger charge is -2.09. The SMILES string of the molecule is O=C(CCC(=O)Nc1cc(Cl)ccc1Cl)Nc1cc(Cl)ccc1Cl. The molecule has 24 heavy (non-hydrogen) atoms. The van der Waals surface area contributed by atoms with Crippen molar-refractivity contribution in [1.82, 2.24) is 0 Å². The van der Waals surface area contributed by atoms with E-state index in [2.05, 4.69) is 10.6 Å². The normalized spacial score (nSPS) is 10.3. The van der Waals surface area contributed by atoms with Crippen molar-refractivity contribution in [3.8, 4) is 0 Å². The van der Waals surface area contributed by atoms with Crippen LogP contribution in [0.15, 0.2) is 36.4 Å². The quantitative estimate of drug-likeness (QED) is 0.674. The molecule has 0 heterocycles. The highest BCUT2D eigenvalue weighted by atomic mass is 35.5. The second-order valence-electron chi connectivity index (χ2n) is 4.84. The van der Waals surface area contributed by atoms with Crippen molar-refractivity contribution in [2.45, 2.75) is 12.8 Å². The Kier molecular flexibility index (Phi) is 6.75. The fourth-order valence-electron chi connectivity index (χ4n) is 1.84. The van der Waals surface area contributed by atoms with Gasteiger partial charge in [-0.05, 0) is 36.4 Å². The zero-order valence-electron chi connectivity index (χ0n) is 12.2. The van der Waals surface area contributed by atoms with Crippen molar-refractivity contribution >= 4 is 69.6 Å². The number of carbonyl (C=O) groups is 2. The van der Waals surface area contributed by atoms with Crippen molar-refractivity contribution in [1.29, 1.82) is 0 Å². The van der Waals surface area contributed by atoms with E-state index in [-0.39, 0.29) is 24.7 Å². The molecule has 0 radical (unpaired) electrons. The Morgan fingerprint density at radius 2 is 1.08 bits per heavy atom. The molecule has 0 atom stereocenters. The molecule has 0 aromatic heterocycles. The van der Waals surface area contributed by atoms with E-state index in [1.54, 1.807) is 24.3 Å². The number of hydrogen-bond donors (Lipinski definition) is 2. The Hall–Kier alpha value is -1.46. The van der Waals surface area contributed by atoms with Crippen molar-refractivity contribution in [2.75, 3.05) is 10.6 Å². The Bertz CT molecular complexity index is 715. The van der Waals surface area contributed by atoms with Crippen LogP contribution in [0.2, 0.25) is 20.1 Å². The van der Waals surface area contributed by atoms with Gasteiger partial charge >= 0.3 is 0 Å². The first-order chi connectivity index (χ1) is 11.3. The summed E-state index contributed by atoms with van der Waals surface area (Å²) in [5.74, 6) is -0.710. The minimum Gasteiger partial charge on any atom is -0.325 e. The molecule has 2 aromatic rings. The highest BCUT2D eigenvalue weighted by molar-refractivity contribution is 6.36. The predicted octanol–water partition coefficient (Wildman–Crippen LogP) is 5.66. The smallest absolute Gasteiger partial charge is 0.224 e. The van der Waals surface area contributed by atoms with E-state index in [1.165, 1.54) is 12.1 Å². The van der Waals surface area contributed by atoms with Gasteiger partial charge in [0.25, 0.3) is 0 Å². The summed E-state index contributed by atoms with van der Waals surface area (Å²) < 4.78 is 0. The molecule has 0 aliphatic carbocycles. The molecule has 0 fully saturated rings. The summed E-state index contributed by atoms with van der Waals surface area (Å²) >= 11 is 23.6. The van der Waals surface area contributed by atoms with Crippen LogP contribution in [0.1, 0.15) is 12.8 Å². The van der Waals surface area contributed by atoms with E-state index in [0.717, 1.165) is 0 Å². The van der Waals surface area contributed by atoms with Crippen LogP contribution in [0.5, 0.6) is 0 Å². The van der Waals surface area contributed by atoms with Crippen molar-refractivity contribution < 1.29 is 9.59 Å². The lowest BCUT2D eigenvalue weighted by Crippen LogP contribution is -2.17. The minimum atomic E-state index is -0.355. The Morgan fingerprint density at radius 1 is 0.708 bits per heavy atom. The van der Waals surface area contributed by atoms with Crippen LogP contribution in [0, 0.1) is 0 Å². The Balaban J connectivity index is 1.88. The highest BCUT2D eigenvalue weighted by Gasteiger charge is 2.11. The molecule has 0 saturated carbocycles. The van der Waals surface area contributed by atoms with Crippen LogP contribution in [-0.4, -0.2) is 11.8 Å². The second-order valence-corrected chi connectivity index (χ2v) is 6.53. The summed E-state index contributed by atoms with van der Waals surface area (Å²) in [6.07, 6.45) is -0.0419. The van der Waals surface area contributed by atoms with Gasteiger partial charge in [-0.15, -0.1) is 0 Å². The lowest BCUT2D eigenvalue weighted by molar-refractivity contribution is -0.121. The van der Waals surface area contributed by atoms with Gasteiger partial charge in [0.1, 0.15) is 0 Å². The summed E-state index contributed by atoms with van der Waals surface area (Å²) in [4.78, 5) is 23.8. The molecule has 0 aliphatic heterocycles. The van der Waals surface area contributed by atoms with Crippen molar-refractivity contribution in [3.05, 3.63) is 56.5 Å². The first-order valence-electron chi connectivity index (χ1n) is 6.85. The topological polar surface area (TPSA) is 58.2 Å². The maximum Gasteiger partial charge on any atom is 0.224 e. The molecule has 2 aromatic carbocycles. The molecule has 0 bridgehead atoms. The Labute approximate surface area is 159 Å². The molecule has 8 heteroatoms. The van der Waals surface area contributed by atoms with Crippen LogP contribution >= 0.6 is 46.4 Å². The molecule has 2 rings (SSSR count). The monoisotopic (exact) mass is 404 g/mol. The molecule has 4 nitrogen and oxygen atoms in total. The van der Waals surface area contributed by atoms with E-state index in [1.807, 2.05) is 0 Å². The summed E-state index contributed by atoms with van der Waals surface area (Å²) in [5, 5.41) is 6.84. The van der Waals surface area contributed by atoms with Crippen LogP contribution < -0.4 is 10.6 Å². The number of carbonyl (C=O) groups excluding carboxylic acids is 2. The van der Waals surface area contributed by atoms with E-state index in [0.29, 0.717) is 31.5 Å². The first kappa shape index (κ1) is 18.9. The minimum absolute atomic E-state index is 0.0210. The second kappa shape index (κ2) is 8.58. The number of amides is 2. The number of hydrogen-bond acceptors (Lipinski definition) is 2. The Morgan fingerprint density at radius 3 is 1.46 bits per heavy atom.